The molecule has 0 bridgehead atoms. The van der Waals surface area contributed by atoms with Gasteiger partial charge in [0.25, 0.3) is 0 Å². The zero-order chi connectivity index (χ0) is 23.8. The van der Waals surface area contributed by atoms with Gasteiger partial charge in [-0.15, -0.1) is 0 Å². The number of hydrogen-bond acceptors (Lipinski definition) is 6. The number of fused-ring (bicyclic) bond motifs is 1. The highest BCUT2D eigenvalue weighted by molar-refractivity contribution is 5.86. The molecule has 3 heterocycles. The number of ether oxygens (including phenoxy) is 2. The summed E-state index contributed by atoms with van der Waals surface area (Å²) in [7, 11) is 3.14. The van der Waals surface area contributed by atoms with Crippen molar-refractivity contribution in [1.82, 2.24) is 15.1 Å². The van der Waals surface area contributed by atoms with Crippen molar-refractivity contribution in [3.05, 3.63) is 65.8 Å². The fourth-order valence-corrected chi connectivity index (χ4v) is 3.33. The van der Waals surface area contributed by atoms with Gasteiger partial charge in [-0.3, -0.25) is 9.97 Å². The van der Waals surface area contributed by atoms with E-state index in [4.69, 9.17) is 14.0 Å². The second-order valence-electron chi connectivity index (χ2n) is 8.16. The fourth-order valence-electron chi connectivity index (χ4n) is 3.33. The van der Waals surface area contributed by atoms with E-state index in [1.54, 1.807) is 32.7 Å². The van der Waals surface area contributed by atoms with Crippen molar-refractivity contribution in [1.29, 1.82) is 0 Å². The van der Waals surface area contributed by atoms with Crippen molar-refractivity contribution in [2.45, 2.75) is 31.9 Å². The molecule has 9 heteroatoms. The van der Waals surface area contributed by atoms with Crippen molar-refractivity contribution in [2.75, 3.05) is 14.2 Å². The van der Waals surface area contributed by atoms with Crippen LogP contribution in [0.3, 0.4) is 0 Å². The van der Waals surface area contributed by atoms with E-state index in [0.717, 1.165) is 35.9 Å². The van der Waals surface area contributed by atoms with E-state index in [0.29, 0.717) is 29.3 Å². The molecule has 0 saturated carbocycles. The number of methoxy groups -OCH3 is 2. The Kier molecular flexibility index (Phi) is 5.73. The molecule has 0 aliphatic heterocycles. The average molecular weight is 457 g/mol. The van der Waals surface area contributed by atoms with Crippen LogP contribution in [-0.4, -0.2) is 35.5 Å². The van der Waals surface area contributed by atoms with Gasteiger partial charge in [-0.1, -0.05) is 11.2 Å². The molecule has 0 amide bonds. The minimum Gasteiger partial charge on any atom is -0.493 e. The van der Waals surface area contributed by atoms with Crippen molar-refractivity contribution < 1.29 is 27.2 Å². The van der Waals surface area contributed by atoms with E-state index in [9.17, 15) is 13.2 Å². The van der Waals surface area contributed by atoms with E-state index in [1.807, 2.05) is 24.3 Å². The Morgan fingerprint density at radius 2 is 1.64 bits per heavy atom. The Labute approximate surface area is 188 Å². The van der Waals surface area contributed by atoms with Gasteiger partial charge in [0.05, 0.1) is 31.1 Å². The lowest BCUT2D eigenvalue weighted by atomic mass is 9.89. The summed E-state index contributed by atoms with van der Waals surface area (Å²) in [5.74, 6) is 0.985. The first-order chi connectivity index (χ1) is 15.6. The van der Waals surface area contributed by atoms with Crippen molar-refractivity contribution in [3.63, 3.8) is 0 Å². The number of aromatic nitrogens is 3. The number of halogens is 3. The summed E-state index contributed by atoms with van der Waals surface area (Å²) in [6.45, 7) is 2.13. The third-order valence-electron chi connectivity index (χ3n) is 5.58. The first kappa shape index (κ1) is 22.6. The summed E-state index contributed by atoms with van der Waals surface area (Å²) in [6.07, 6.45) is -0.746. The molecule has 4 aromatic rings. The Bertz CT molecular complexity index is 1280. The molecular weight excluding hydrogens is 435 g/mol. The SMILES string of the molecule is COc1cc2cc(-c3ccc(Cc4cc(C(C)(C)C(F)(F)F)on4)cn3)cnc2cc1OC. The Balaban J connectivity index is 1.55. The highest BCUT2D eigenvalue weighted by atomic mass is 19.4. The molecule has 1 aromatic carbocycles. The van der Waals surface area contributed by atoms with Gasteiger partial charge in [-0.25, -0.2) is 0 Å². The average Bonchev–Trinajstić information content (AvgIpc) is 3.26. The number of benzene rings is 1. The van der Waals surface area contributed by atoms with Crippen molar-refractivity contribution >= 4 is 10.9 Å². The number of rotatable bonds is 6. The monoisotopic (exact) mass is 457 g/mol. The molecule has 0 aliphatic rings. The summed E-state index contributed by atoms with van der Waals surface area (Å²) in [5.41, 5.74) is 1.38. The molecule has 0 N–H and O–H groups in total. The van der Waals surface area contributed by atoms with Crippen LogP contribution in [0.5, 0.6) is 11.5 Å². The van der Waals surface area contributed by atoms with Crippen molar-refractivity contribution in [2.24, 2.45) is 0 Å². The van der Waals surface area contributed by atoms with Crippen LogP contribution in [0.15, 0.2) is 53.3 Å². The zero-order valence-corrected chi connectivity index (χ0v) is 18.5. The van der Waals surface area contributed by atoms with Gasteiger partial charge < -0.3 is 14.0 Å². The highest BCUT2D eigenvalue weighted by Crippen LogP contribution is 2.40. The quantitative estimate of drug-likeness (QED) is 0.368. The molecule has 6 nitrogen and oxygen atoms in total. The summed E-state index contributed by atoms with van der Waals surface area (Å²) < 4.78 is 55.3. The summed E-state index contributed by atoms with van der Waals surface area (Å²) in [5, 5.41) is 4.68. The van der Waals surface area contributed by atoms with E-state index in [1.165, 1.54) is 6.07 Å². The van der Waals surface area contributed by atoms with Crippen molar-refractivity contribution in [3.8, 4) is 22.8 Å². The predicted octanol–water partition coefficient (Wildman–Crippen LogP) is 5.73. The van der Waals surface area contributed by atoms with Gasteiger partial charge in [-0.2, -0.15) is 13.2 Å². The standard InChI is InChI=1S/C24H22F3N3O3/c1-23(2,24(25,26)27)22-10-17(30-33-22)7-14-5-6-18(28-12-14)16-8-15-9-20(31-3)21(32-4)11-19(15)29-13-16/h5-6,8-13H,7H2,1-4H3. The number of pyridine rings is 2. The maximum absolute atomic E-state index is 13.2. The maximum atomic E-state index is 13.2. The smallest absolute Gasteiger partial charge is 0.401 e. The van der Waals surface area contributed by atoms with Gasteiger partial charge in [0.2, 0.25) is 0 Å². The molecule has 0 saturated heterocycles. The topological polar surface area (TPSA) is 70.3 Å². The summed E-state index contributed by atoms with van der Waals surface area (Å²) in [4.78, 5) is 8.98. The van der Waals surface area contributed by atoms with Gasteiger partial charge in [0.15, 0.2) is 17.3 Å². The Morgan fingerprint density at radius 3 is 2.27 bits per heavy atom. The minimum absolute atomic E-state index is 0.219. The van der Waals surface area contributed by atoms with Crippen LogP contribution in [0.4, 0.5) is 13.2 Å². The molecule has 172 valence electrons. The van der Waals surface area contributed by atoms with Crippen LogP contribution in [0, 0.1) is 0 Å². The van der Waals surface area contributed by atoms with Crippen LogP contribution >= 0.6 is 0 Å². The molecule has 0 unspecified atom stereocenters. The van der Waals surface area contributed by atoms with E-state index >= 15 is 0 Å². The summed E-state index contributed by atoms with van der Waals surface area (Å²) in [6, 6.07) is 10.6. The third-order valence-corrected chi connectivity index (χ3v) is 5.58. The minimum atomic E-state index is -4.43. The number of alkyl halides is 3. The maximum Gasteiger partial charge on any atom is 0.401 e. The van der Waals surface area contributed by atoms with Crippen LogP contribution in [0.2, 0.25) is 0 Å². The molecule has 0 aliphatic carbocycles. The lowest BCUT2D eigenvalue weighted by molar-refractivity contribution is -0.185. The van der Waals surface area contributed by atoms with Gasteiger partial charge in [-0.05, 0) is 37.6 Å². The zero-order valence-electron chi connectivity index (χ0n) is 18.5. The Hall–Kier alpha value is -3.62. The first-order valence-corrected chi connectivity index (χ1v) is 10.1. The molecule has 0 radical (unpaired) electrons. The predicted molar refractivity (Wildman–Crippen MR) is 116 cm³/mol. The van der Waals surface area contributed by atoms with Gasteiger partial charge >= 0.3 is 6.18 Å². The van der Waals surface area contributed by atoms with Crippen LogP contribution < -0.4 is 9.47 Å². The third kappa shape index (κ3) is 4.35. The summed E-state index contributed by atoms with van der Waals surface area (Å²) >= 11 is 0. The second-order valence-corrected chi connectivity index (χ2v) is 8.16. The largest absolute Gasteiger partial charge is 0.493 e. The Morgan fingerprint density at radius 1 is 0.909 bits per heavy atom. The number of hydrogen-bond donors (Lipinski definition) is 0. The molecule has 0 spiro atoms. The molecule has 3 aromatic heterocycles. The highest BCUT2D eigenvalue weighted by Gasteiger charge is 2.51. The molecular formula is C24H22F3N3O3. The molecule has 0 fully saturated rings. The van der Waals surface area contributed by atoms with E-state index in [2.05, 4.69) is 15.1 Å². The van der Waals surface area contributed by atoms with Gasteiger partial charge in [0, 0.05) is 41.9 Å². The molecule has 0 atom stereocenters. The van der Waals surface area contributed by atoms with Gasteiger partial charge in [0.1, 0.15) is 5.41 Å². The first-order valence-electron chi connectivity index (χ1n) is 10.1. The lowest BCUT2D eigenvalue weighted by Gasteiger charge is -2.24. The second kappa shape index (κ2) is 8.38. The number of nitrogens with zero attached hydrogens (tertiary/aromatic N) is 3. The fraction of sp³-hybridized carbons (Fsp3) is 0.292. The molecule has 4 rings (SSSR count). The van der Waals surface area contributed by atoms with Crippen LogP contribution in [-0.2, 0) is 11.8 Å². The van der Waals surface area contributed by atoms with E-state index in [-0.39, 0.29) is 5.76 Å². The van der Waals surface area contributed by atoms with Crippen LogP contribution in [0.25, 0.3) is 22.2 Å². The molecule has 33 heavy (non-hydrogen) atoms. The normalized spacial score (nSPS) is 12.2. The van der Waals surface area contributed by atoms with E-state index < -0.39 is 11.6 Å². The van der Waals surface area contributed by atoms with Crippen LogP contribution in [0.1, 0.15) is 30.9 Å². The lowest BCUT2D eigenvalue weighted by Crippen LogP contribution is -2.35.